The molecular weight excluding hydrogens is 238 g/mol. The summed E-state index contributed by atoms with van der Waals surface area (Å²) in [4.78, 5) is 10.0. The molecular formula is C10H4F4N3. The highest BCUT2D eigenvalue weighted by Gasteiger charge is 2.34. The standard InChI is InChI=1S/C10H4F4N3/c11-7-1-2-8(15-5-7)6-3-16-9(17-4-6)10(12,13)14/h2-5H. The molecule has 2 aromatic heterocycles. The van der Waals surface area contributed by atoms with Crippen molar-refractivity contribution in [2.75, 3.05) is 0 Å². The summed E-state index contributed by atoms with van der Waals surface area (Å²) in [7, 11) is 0. The Bertz CT molecular complexity index is 505. The van der Waals surface area contributed by atoms with E-state index >= 15 is 0 Å². The molecule has 0 spiro atoms. The van der Waals surface area contributed by atoms with Gasteiger partial charge in [-0.15, -0.1) is 0 Å². The average molecular weight is 242 g/mol. The first kappa shape index (κ1) is 11.4. The molecule has 0 aromatic carbocycles. The maximum atomic E-state index is 12.5. The molecule has 0 fully saturated rings. The third kappa shape index (κ3) is 2.55. The van der Waals surface area contributed by atoms with Gasteiger partial charge in [0, 0.05) is 24.0 Å². The molecule has 0 bridgehead atoms. The summed E-state index contributed by atoms with van der Waals surface area (Å²) in [5, 5.41) is 0. The highest BCUT2D eigenvalue weighted by Crippen LogP contribution is 2.26. The number of nitrogens with zero attached hydrogens (tertiary/aromatic N) is 3. The molecule has 0 unspecified atom stereocenters. The smallest absolute Gasteiger partial charge is 0.253 e. The van der Waals surface area contributed by atoms with Crippen LogP contribution >= 0.6 is 0 Å². The van der Waals surface area contributed by atoms with Gasteiger partial charge < -0.3 is 0 Å². The van der Waals surface area contributed by atoms with Gasteiger partial charge in [0.25, 0.3) is 0 Å². The second kappa shape index (κ2) is 4.08. The zero-order chi connectivity index (χ0) is 12.5. The lowest BCUT2D eigenvalue weighted by atomic mass is 10.2. The molecule has 0 aliphatic rings. The molecule has 0 amide bonds. The van der Waals surface area contributed by atoms with E-state index in [1.807, 2.05) is 0 Å². The van der Waals surface area contributed by atoms with E-state index in [4.69, 9.17) is 0 Å². The Hall–Kier alpha value is -2.05. The molecule has 17 heavy (non-hydrogen) atoms. The maximum absolute atomic E-state index is 12.5. The zero-order valence-corrected chi connectivity index (χ0v) is 8.16. The minimum absolute atomic E-state index is 0.250. The molecule has 0 N–H and O–H groups in total. The molecule has 0 atom stereocenters. The normalized spacial score (nSPS) is 11.5. The first-order valence-electron chi connectivity index (χ1n) is 4.39. The number of rotatable bonds is 1. The Morgan fingerprint density at radius 2 is 1.65 bits per heavy atom. The number of hydrogen-bond acceptors (Lipinski definition) is 3. The predicted molar refractivity (Wildman–Crippen MR) is 49.1 cm³/mol. The Morgan fingerprint density at radius 3 is 2.12 bits per heavy atom. The van der Waals surface area contributed by atoms with Crippen molar-refractivity contribution in [3.8, 4) is 11.3 Å². The minimum Gasteiger partial charge on any atom is -0.253 e. The third-order valence-corrected chi connectivity index (χ3v) is 1.86. The highest BCUT2D eigenvalue weighted by atomic mass is 19.4. The van der Waals surface area contributed by atoms with Crippen molar-refractivity contribution in [2.24, 2.45) is 0 Å². The SMILES string of the molecule is Fc1[c]cc(-c2cnc(C(F)(F)F)nc2)nc1. The summed E-state index contributed by atoms with van der Waals surface area (Å²) in [6.07, 6.45) is -1.72. The van der Waals surface area contributed by atoms with Crippen molar-refractivity contribution in [1.29, 1.82) is 0 Å². The van der Waals surface area contributed by atoms with E-state index in [0.29, 0.717) is 0 Å². The van der Waals surface area contributed by atoms with Gasteiger partial charge in [-0.1, -0.05) is 0 Å². The van der Waals surface area contributed by atoms with Crippen LogP contribution in [0.5, 0.6) is 0 Å². The molecule has 2 rings (SSSR count). The lowest BCUT2D eigenvalue weighted by Crippen LogP contribution is -2.10. The van der Waals surface area contributed by atoms with Crippen LogP contribution in [0.25, 0.3) is 11.3 Å². The molecule has 3 nitrogen and oxygen atoms in total. The largest absolute Gasteiger partial charge is 0.451 e. The minimum atomic E-state index is -4.58. The van der Waals surface area contributed by atoms with E-state index in [1.165, 1.54) is 6.07 Å². The van der Waals surface area contributed by atoms with Crippen LogP contribution in [0.4, 0.5) is 17.6 Å². The summed E-state index contributed by atoms with van der Waals surface area (Å²) < 4.78 is 49.1. The molecule has 87 valence electrons. The monoisotopic (exact) mass is 242 g/mol. The first-order valence-corrected chi connectivity index (χ1v) is 4.39. The van der Waals surface area contributed by atoms with Crippen LogP contribution in [0.1, 0.15) is 5.82 Å². The highest BCUT2D eigenvalue weighted by molar-refractivity contribution is 5.55. The molecule has 7 heteroatoms. The third-order valence-electron chi connectivity index (χ3n) is 1.86. The van der Waals surface area contributed by atoms with Crippen molar-refractivity contribution in [3.05, 3.63) is 42.4 Å². The van der Waals surface area contributed by atoms with Crippen LogP contribution in [0.3, 0.4) is 0 Å². The second-order valence-electron chi connectivity index (χ2n) is 3.07. The number of hydrogen-bond donors (Lipinski definition) is 0. The fourth-order valence-corrected chi connectivity index (χ4v) is 1.10. The molecule has 0 saturated heterocycles. The zero-order valence-electron chi connectivity index (χ0n) is 8.16. The van der Waals surface area contributed by atoms with E-state index in [9.17, 15) is 17.6 Å². The van der Waals surface area contributed by atoms with Crippen molar-refractivity contribution in [2.45, 2.75) is 6.18 Å². The summed E-state index contributed by atoms with van der Waals surface area (Å²) in [6, 6.07) is 3.45. The summed E-state index contributed by atoms with van der Waals surface area (Å²) in [5.41, 5.74) is 0.509. The van der Waals surface area contributed by atoms with E-state index in [2.05, 4.69) is 21.0 Å². The quantitative estimate of drug-likeness (QED) is 0.721. The van der Waals surface area contributed by atoms with Crippen LogP contribution in [-0.2, 0) is 6.18 Å². The van der Waals surface area contributed by atoms with Gasteiger partial charge in [0.1, 0.15) is 5.82 Å². The van der Waals surface area contributed by atoms with Crippen LogP contribution in [-0.4, -0.2) is 15.0 Å². The summed E-state index contributed by atoms with van der Waals surface area (Å²) in [6.45, 7) is 0. The molecule has 2 heterocycles. The summed E-state index contributed by atoms with van der Waals surface area (Å²) >= 11 is 0. The van der Waals surface area contributed by atoms with Gasteiger partial charge in [-0.25, -0.2) is 14.4 Å². The Labute approximate surface area is 93.2 Å². The molecule has 0 saturated carbocycles. The fourth-order valence-electron chi connectivity index (χ4n) is 1.10. The molecule has 2 aromatic rings. The van der Waals surface area contributed by atoms with Gasteiger partial charge in [-0.3, -0.25) is 4.98 Å². The van der Waals surface area contributed by atoms with Crippen molar-refractivity contribution in [3.63, 3.8) is 0 Å². The van der Waals surface area contributed by atoms with Crippen LogP contribution in [0.15, 0.2) is 24.7 Å². The number of aromatic nitrogens is 3. The first-order chi connectivity index (χ1) is 7.97. The topological polar surface area (TPSA) is 38.7 Å². The van der Waals surface area contributed by atoms with Gasteiger partial charge in [-0.05, 0) is 6.07 Å². The van der Waals surface area contributed by atoms with Gasteiger partial charge in [0.05, 0.1) is 11.9 Å². The predicted octanol–water partition coefficient (Wildman–Crippen LogP) is 2.50. The molecule has 0 aliphatic carbocycles. The van der Waals surface area contributed by atoms with Gasteiger partial charge in [0.2, 0.25) is 5.82 Å². The lowest BCUT2D eigenvalue weighted by Gasteiger charge is -2.04. The van der Waals surface area contributed by atoms with E-state index < -0.39 is 17.8 Å². The summed E-state index contributed by atoms with van der Waals surface area (Å²) in [5.74, 6) is -1.88. The van der Waals surface area contributed by atoms with Gasteiger partial charge >= 0.3 is 6.18 Å². The molecule has 0 aliphatic heterocycles. The average Bonchev–Trinajstić information content (AvgIpc) is 2.29. The fraction of sp³-hybridized carbons (Fsp3) is 0.100. The van der Waals surface area contributed by atoms with E-state index in [1.54, 1.807) is 0 Å². The van der Waals surface area contributed by atoms with E-state index in [-0.39, 0.29) is 11.3 Å². The number of halogens is 4. The Morgan fingerprint density at radius 1 is 1.00 bits per heavy atom. The Kier molecular flexibility index (Phi) is 2.74. The van der Waals surface area contributed by atoms with E-state index in [0.717, 1.165) is 18.6 Å². The second-order valence-corrected chi connectivity index (χ2v) is 3.07. The van der Waals surface area contributed by atoms with Gasteiger partial charge in [0.15, 0.2) is 0 Å². The Balaban J connectivity index is 2.33. The number of pyridine rings is 1. The lowest BCUT2D eigenvalue weighted by molar-refractivity contribution is -0.144. The van der Waals surface area contributed by atoms with Crippen molar-refractivity contribution in [1.82, 2.24) is 15.0 Å². The van der Waals surface area contributed by atoms with Gasteiger partial charge in [-0.2, -0.15) is 13.2 Å². The molecule has 1 radical (unpaired) electrons. The maximum Gasteiger partial charge on any atom is 0.451 e. The van der Waals surface area contributed by atoms with Crippen LogP contribution in [0.2, 0.25) is 0 Å². The van der Waals surface area contributed by atoms with Crippen LogP contribution < -0.4 is 0 Å². The number of alkyl halides is 3. The van der Waals surface area contributed by atoms with Crippen LogP contribution in [0, 0.1) is 11.9 Å². The van der Waals surface area contributed by atoms with Crippen molar-refractivity contribution < 1.29 is 17.6 Å². The van der Waals surface area contributed by atoms with Crippen molar-refractivity contribution >= 4 is 0 Å².